The summed E-state index contributed by atoms with van der Waals surface area (Å²) in [5, 5.41) is 2.74. The Morgan fingerprint density at radius 3 is 3.00 bits per heavy atom. The first-order valence-electron chi connectivity index (χ1n) is 5.93. The molecule has 17 heavy (non-hydrogen) atoms. The molecule has 0 spiro atoms. The molecule has 0 aromatic carbocycles. The van der Waals surface area contributed by atoms with Gasteiger partial charge < -0.3 is 20.5 Å². The number of nitrogens with two attached hydrogens (primary N) is 1. The van der Waals surface area contributed by atoms with Crippen molar-refractivity contribution in [3.8, 4) is 0 Å². The third-order valence-electron chi connectivity index (χ3n) is 2.51. The molecule has 1 fully saturated rings. The average molecular weight is 267 g/mol. The van der Waals surface area contributed by atoms with Crippen LogP contribution in [0.3, 0.4) is 0 Å². The van der Waals surface area contributed by atoms with E-state index in [-0.39, 0.29) is 24.4 Å². The number of amides is 1. The molecule has 2 unspecified atom stereocenters. The molecule has 2 atom stereocenters. The highest BCUT2D eigenvalue weighted by Gasteiger charge is 2.14. The maximum atomic E-state index is 11.1. The van der Waals surface area contributed by atoms with Gasteiger partial charge in [-0.05, 0) is 26.2 Å². The van der Waals surface area contributed by atoms with E-state index in [2.05, 4.69) is 5.32 Å². The van der Waals surface area contributed by atoms with Crippen molar-refractivity contribution >= 4 is 18.3 Å². The standard InChI is InChI=1S/C11H22N2O3.ClH/c1-9(12)11(14)13-5-3-6-15-8-10-4-2-7-16-10;/h9-10H,2-8,12H2,1H3,(H,13,14);1H. The monoisotopic (exact) mass is 266 g/mol. The Balaban J connectivity index is 0.00000256. The molecule has 1 saturated heterocycles. The summed E-state index contributed by atoms with van der Waals surface area (Å²) in [5.74, 6) is -0.112. The summed E-state index contributed by atoms with van der Waals surface area (Å²) < 4.78 is 10.9. The molecule has 1 rings (SSSR count). The van der Waals surface area contributed by atoms with Gasteiger partial charge in [0, 0.05) is 19.8 Å². The van der Waals surface area contributed by atoms with Crippen molar-refractivity contribution < 1.29 is 14.3 Å². The molecule has 3 N–H and O–H groups in total. The van der Waals surface area contributed by atoms with E-state index in [0.717, 1.165) is 25.9 Å². The largest absolute Gasteiger partial charge is 0.379 e. The normalized spacial score (nSPS) is 20.7. The lowest BCUT2D eigenvalue weighted by atomic mass is 10.2. The van der Waals surface area contributed by atoms with E-state index < -0.39 is 6.04 Å². The van der Waals surface area contributed by atoms with E-state index in [1.807, 2.05) is 0 Å². The van der Waals surface area contributed by atoms with Crippen LogP contribution in [0.25, 0.3) is 0 Å². The van der Waals surface area contributed by atoms with Crippen LogP contribution in [-0.2, 0) is 14.3 Å². The summed E-state index contributed by atoms with van der Waals surface area (Å²) in [6.07, 6.45) is 3.32. The van der Waals surface area contributed by atoms with E-state index in [1.165, 1.54) is 0 Å². The third-order valence-corrected chi connectivity index (χ3v) is 2.51. The fourth-order valence-electron chi connectivity index (χ4n) is 1.54. The third kappa shape index (κ3) is 7.54. The molecule has 1 heterocycles. The van der Waals surface area contributed by atoms with Gasteiger partial charge in [0.25, 0.3) is 0 Å². The van der Waals surface area contributed by atoms with Crippen LogP contribution < -0.4 is 11.1 Å². The zero-order valence-corrected chi connectivity index (χ0v) is 11.1. The highest BCUT2D eigenvalue weighted by Crippen LogP contribution is 2.11. The Morgan fingerprint density at radius 1 is 1.65 bits per heavy atom. The molecule has 1 amide bonds. The summed E-state index contributed by atoms with van der Waals surface area (Å²) in [7, 11) is 0. The van der Waals surface area contributed by atoms with Crippen LogP contribution in [0.1, 0.15) is 26.2 Å². The summed E-state index contributed by atoms with van der Waals surface area (Å²) >= 11 is 0. The second-order valence-corrected chi connectivity index (χ2v) is 4.14. The van der Waals surface area contributed by atoms with Crippen molar-refractivity contribution in [1.29, 1.82) is 0 Å². The van der Waals surface area contributed by atoms with Crippen molar-refractivity contribution in [3.05, 3.63) is 0 Å². The zero-order chi connectivity index (χ0) is 11.8. The first kappa shape index (κ1) is 16.6. The molecule has 6 heteroatoms. The minimum Gasteiger partial charge on any atom is -0.379 e. The Bertz CT molecular complexity index is 209. The van der Waals surface area contributed by atoms with Gasteiger partial charge in [-0.25, -0.2) is 0 Å². The van der Waals surface area contributed by atoms with Crippen LogP contribution in [0, 0.1) is 0 Å². The number of nitrogens with one attached hydrogen (secondary N) is 1. The molecule has 0 aromatic heterocycles. The van der Waals surface area contributed by atoms with Crippen LogP contribution >= 0.6 is 12.4 Å². The quantitative estimate of drug-likeness (QED) is 0.657. The maximum Gasteiger partial charge on any atom is 0.236 e. The van der Waals surface area contributed by atoms with Crippen LogP contribution in [0.15, 0.2) is 0 Å². The molecular formula is C11H23ClN2O3. The first-order valence-corrected chi connectivity index (χ1v) is 5.93. The predicted molar refractivity (Wildman–Crippen MR) is 68.3 cm³/mol. The molecule has 1 aliphatic rings. The summed E-state index contributed by atoms with van der Waals surface area (Å²) in [4.78, 5) is 11.1. The first-order chi connectivity index (χ1) is 7.70. The summed E-state index contributed by atoms with van der Waals surface area (Å²) in [5.41, 5.74) is 5.40. The second-order valence-electron chi connectivity index (χ2n) is 4.14. The van der Waals surface area contributed by atoms with Gasteiger partial charge in [-0.3, -0.25) is 4.79 Å². The lowest BCUT2D eigenvalue weighted by Crippen LogP contribution is -2.38. The molecule has 0 aromatic rings. The number of carbonyl (C=O) groups is 1. The molecule has 1 aliphatic heterocycles. The maximum absolute atomic E-state index is 11.1. The van der Waals surface area contributed by atoms with E-state index in [0.29, 0.717) is 19.8 Å². The van der Waals surface area contributed by atoms with E-state index in [1.54, 1.807) is 6.92 Å². The summed E-state index contributed by atoms with van der Waals surface area (Å²) in [6.45, 7) is 4.47. The van der Waals surface area contributed by atoms with E-state index >= 15 is 0 Å². The number of rotatable bonds is 7. The number of hydrogen-bond acceptors (Lipinski definition) is 4. The average Bonchev–Trinajstić information content (AvgIpc) is 2.75. The molecule has 0 saturated carbocycles. The molecular weight excluding hydrogens is 244 g/mol. The highest BCUT2D eigenvalue weighted by atomic mass is 35.5. The summed E-state index contributed by atoms with van der Waals surface area (Å²) in [6, 6.07) is -0.437. The predicted octanol–water partition coefficient (Wildman–Crippen LogP) is 0.457. The lowest BCUT2D eigenvalue weighted by molar-refractivity contribution is -0.122. The SMILES string of the molecule is CC(N)C(=O)NCCCOCC1CCCO1.Cl. The Labute approximate surface area is 109 Å². The van der Waals surface area contributed by atoms with Crippen LogP contribution in [0.5, 0.6) is 0 Å². The lowest BCUT2D eigenvalue weighted by Gasteiger charge is -2.10. The number of halogens is 1. The van der Waals surface area contributed by atoms with Gasteiger partial charge in [0.2, 0.25) is 5.91 Å². The topological polar surface area (TPSA) is 73.6 Å². The van der Waals surface area contributed by atoms with Crippen LogP contribution in [0.2, 0.25) is 0 Å². The number of carbonyl (C=O) groups excluding carboxylic acids is 1. The van der Waals surface area contributed by atoms with Gasteiger partial charge in [-0.15, -0.1) is 12.4 Å². The Morgan fingerprint density at radius 2 is 2.41 bits per heavy atom. The van der Waals surface area contributed by atoms with Crippen molar-refractivity contribution in [2.24, 2.45) is 5.73 Å². The Hall–Kier alpha value is -0.360. The van der Waals surface area contributed by atoms with Crippen molar-refractivity contribution in [3.63, 3.8) is 0 Å². The van der Waals surface area contributed by atoms with Gasteiger partial charge >= 0.3 is 0 Å². The molecule has 0 radical (unpaired) electrons. The number of hydrogen-bond donors (Lipinski definition) is 2. The molecule has 0 aliphatic carbocycles. The van der Waals surface area contributed by atoms with Gasteiger partial charge in [0.05, 0.1) is 18.8 Å². The van der Waals surface area contributed by atoms with Crippen molar-refractivity contribution in [2.75, 3.05) is 26.4 Å². The fourth-order valence-corrected chi connectivity index (χ4v) is 1.54. The minimum absolute atomic E-state index is 0. The Kier molecular flexibility index (Phi) is 9.44. The van der Waals surface area contributed by atoms with Crippen LogP contribution in [0.4, 0.5) is 0 Å². The van der Waals surface area contributed by atoms with Gasteiger partial charge in [-0.2, -0.15) is 0 Å². The van der Waals surface area contributed by atoms with E-state index in [9.17, 15) is 4.79 Å². The molecule has 0 bridgehead atoms. The van der Waals surface area contributed by atoms with Crippen molar-refractivity contribution in [1.82, 2.24) is 5.32 Å². The highest BCUT2D eigenvalue weighted by molar-refractivity contribution is 5.85. The fraction of sp³-hybridized carbons (Fsp3) is 0.909. The van der Waals surface area contributed by atoms with Crippen molar-refractivity contribution in [2.45, 2.75) is 38.3 Å². The van der Waals surface area contributed by atoms with Crippen LogP contribution in [-0.4, -0.2) is 44.4 Å². The van der Waals surface area contributed by atoms with Gasteiger partial charge in [0.15, 0.2) is 0 Å². The van der Waals surface area contributed by atoms with Gasteiger partial charge in [0.1, 0.15) is 0 Å². The smallest absolute Gasteiger partial charge is 0.236 e. The zero-order valence-electron chi connectivity index (χ0n) is 10.3. The number of ether oxygens (including phenoxy) is 2. The van der Waals surface area contributed by atoms with Gasteiger partial charge in [-0.1, -0.05) is 0 Å². The van der Waals surface area contributed by atoms with E-state index in [4.69, 9.17) is 15.2 Å². The minimum atomic E-state index is -0.437. The second kappa shape index (κ2) is 9.65. The molecule has 5 nitrogen and oxygen atoms in total. The molecule has 102 valence electrons.